The third-order valence-electron chi connectivity index (χ3n) is 3.44. The Hall–Kier alpha value is -1.57. The normalized spacial score (nSPS) is 16.8. The van der Waals surface area contributed by atoms with Gasteiger partial charge in [0.15, 0.2) is 0 Å². The first kappa shape index (κ1) is 10.6. The molecule has 0 radical (unpaired) electrons. The number of fused-ring (bicyclic) bond motifs is 1. The average molecular weight is 247 g/mol. The van der Waals surface area contributed by atoms with E-state index in [1.807, 2.05) is 36.0 Å². The highest BCUT2D eigenvalue weighted by Crippen LogP contribution is 2.51. The molecule has 0 spiro atoms. The van der Waals surface area contributed by atoms with E-state index in [9.17, 15) is 4.79 Å². The maximum absolute atomic E-state index is 10.5. The summed E-state index contributed by atoms with van der Waals surface area (Å²) in [6.45, 7) is 0. The van der Waals surface area contributed by atoms with Crippen LogP contribution >= 0.6 is 11.6 Å². The Morgan fingerprint density at radius 3 is 2.88 bits per heavy atom. The first-order valence-electron chi connectivity index (χ1n) is 5.51. The Bertz CT molecular complexity index is 649. The first-order chi connectivity index (χ1) is 8.18. The Kier molecular flexibility index (Phi) is 2.15. The highest BCUT2D eigenvalue weighted by atomic mass is 35.5. The number of hydrogen-bond acceptors (Lipinski definition) is 2. The maximum atomic E-state index is 10.5. The monoisotopic (exact) mass is 246 g/mol. The smallest absolute Gasteiger partial charge is 0.235 e. The van der Waals surface area contributed by atoms with Gasteiger partial charge in [-0.15, -0.1) is 0 Å². The summed E-state index contributed by atoms with van der Waals surface area (Å²) in [4.78, 5) is 14.5. The largest absolute Gasteiger partial charge is 0.349 e. The van der Waals surface area contributed by atoms with Gasteiger partial charge in [0.05, 0.1) is 10.5 Å². The zero-order chi connectivity index (χ0) is 12.0. The van der Waals surface area contributed by atoms with Gasteiger partial charge in [-0.05, 0) is 12.8 Å². The lowest BCUT2D eigenvalue weighted by Crippen LogP contribution is -2.04. The van der Waals surface area contributed by atoms with Gasteiger partial charge in [-0.2, -0.15) is 4.99 Å². The molecule has 1 aliphatic carbocycles. The van der Waals surface area contributed by atoms with Crippen molar-refractivity contribution in [1.82, 2.24) is 4.57 Å². The van der Waals surface area contributed by atoms with Gasteiger partial charge >= 0.3 is 0 Å². The minimum atomic E-state index is -0.350. The van der Waals surface area contributed by atoms with Crippen LogP contribution in [0.2, 0.25) is 5.02 Å². The highest BCUT2D eigenvalue weighted by Gasteiger charge is 2.46. The number of rotatable bonds is 2. The van der Waals surface area contributed by atoms with Crippen LogP contribution in [0.5, 0.6) is 0 Å². The van der Waals surface area contributed by atoms with E-state index in [1.165, 1.54) is 0 Å². The first-order valence-corrected chi connectivity index (χ1v) is 5.89. The number of aliphatic imine (C=N–C) groups is 1. The van der Waals surface area contributed by atoms with E-state index >= 15 is 0 Å². The maximum Gasteiger partial charge on any atom is 0.235 e. The van der Waals surface area contributed by atoms with Crippen LogP contribution < -0.4 is 0 Å². The molecule has 0 N–H and O–H groups in total. The number of para-hydroxylation sites is 1. The molecule has 1 aliphatic rings. The molecule has 0 unspecified atom stereocenters. The fraction of sp³-hybridized carbons (Fsp3) is 0.308. The summed E-state index contributed by atoms with van der Waals surface area (Å²) in [5, 5.41) is 1.74. The number of isocyanates is 1. The van der Waals surface area contributed by atoms with Gasteiger partial charge in [-0.25, -0.2) is 4.79 Å². The van der Waals surface area contributed by atoms with E-state index in [2.05, 4.69) is 4.99 Å². The molecule has 3 nitrogen and oxygen atoms in total. The van der Waals surface area contributed by atoms with E-state index in [-0.39, 0.29) is 5.54 Å². The lowest BCUT2D eigenvalue weighted by molar-refractivity contribution is 0.556. The van der Waals surface area contributed by atoms with Crippen molar-refractivity contribution in [3.8, 4) is 0 Å². The summed E-state index contributed by atoms with van der Waals surface area (Å²) in [5.74, 6) is 0. The molecule has 1 fully saturated rings. The summed E-state index contributed by atoms with van der Waals surface area (Å²) in [6.07, 6.45) is 5.39. The topological polar surface area (TPSA) is 34.4 Å². The zero-order valence-electron chi connectivity index (χ0n) is 9.40. The summed E-state index contributed by atoms with van der Waals surface area (Å²) >= 11 is 6.17. The molecule has 3 rings (SSSR count). The lowest BCUT2D eigenvalue weighted by Gasteiger charge is -2.11. The highest BCUT2D eigenvalue weighted by molar-refractivity contribution is 6.35. The minimum absolute atomic E-state index is 0.350. The molecule has 1 heterocycles. The van der Waals surface area contributed by atoms with Crippen LogP contribution in [0.3, 0.4) is 0 Å². The van der Waals surface area contributed by atoms with Crippen LogP contribution in [0.4, 0.5) is 0 Å². The van der Waals surface area contributed by atoms with Crippen LogP contribution in [0.15, 0.2) is 29.4 Å². The van der Waals surface area contributed by atoms with Gasteiger partial charge < -0.3 is 4.57 Å². The summed E-state index contributed by atoms with van der Waals surface area (Å²) in [5.41, 5.74) is 1.79. The van der Waals surface area contributed by atoms with Gasteiger partial charge in [-0.1, -0.05) is 29.8 Å². The van der Waals surface area contributed by atoms with Crippen molar-refractivity contribution in [3.05, 3.63) is 35.0 Å². The molecule has 0 bridgehead atoms. The Morgan fingerprint density at radius 1 is 1.47 bits per heavy atom. The fourth-order valence-electron chi connectivity index (χ4n) is 2.44. The Balaban J connectivity index is 2.34. The van der Waals surface area contributed by atoms with Gasteiger partial charge in [0.1, 0.15) is 5.54 Å². The van der Waals surface area contributed by atoms with Crippen molar-refractivity contribution in [2.45, 2.75) is 18.4 Å². The van der Waals surface area contributed by atoms with Gasteiger partial charge in [0.2, 0.25) is 6.08 Å². The molecule has 0 saturated heterocycles. The van der Waals surface area contributed by atoms with Gasteiger partial charge in [-0.3, -0.25) is 0 Å². The summed E-state index contributed by atoms with van der Waals surface area (Å²) in [6, 6.07) is 5.97. The molecular weight excluding hydrogens is 236 g/mol. The van der Waals surface area contributed by atoms with Crippen molar-refractivity contribution in [2.24, 2.45) is 12.0 Å². The van der Waals surface area contributed by atoms with Crippen molar-refractivity contribution in [1.29, 1.82) is 0 Å². The van der Waals surface area contributed by atoms with Crippen LogP contribution in [0.1, 0.15) is 18.4 Å². The van der Waals surface area contributed by atoms with E-state index in [4.69, 9.17) is 11.6 Å². The molecule has 0 amide bonds. The second-order valence-electron chi connectivity index (χ2n) is 4.52. The molecule has 2 aromatic rings. The van der Waals surface area contributed by atoms with Crippen LogP contribution in [0.25, 0.3) is 10.9 Å². The number of aromatic nitrogens is 1. The Labute approximate surface area is 104 Å². The molecular formula is C13H11ClN2O. The van der Waals surface area contributed by atoms with Crippen molar-refractivity contribution < 1.29 is 4.79 Å². The Morgan fingerprint density at radius 2 is 2.24 bits per heavy atom. The fourth-order valence-corrected chi connectivity index (χ4v) is 2.74. The van der Waals surface area contributed by atoms with E-state index in [0.717, 1.165) is 34.3 Å². The molecule has 17 heavy (non-hydrogen) atoms. The molecule has 0 aliphatic heterocycles. The van der Waals surface area contributed by atoms with Crippen molar-refractivity contribution in [2.75, 3.05) is 0 Å². The minimum Gasteiger partial charge on any atom is -0.349 e. The van der Waals surface area contributed by atoms with E-state index in [1.54, 1.807) is 6.08 Å². The molecule has 1 saturated carbocycles. The van der Waals surface area contributed by atoms with Crippen LogP contribution in [-0.2, 0) is 17.4 Å². The van der Waals surface area contributed by atoms with Crippen LogP contribution in [0, 0.1) is 0 Å². The predicted molar refractivity (Wildman–Crippen MR) is 67.0 cm³/mol. The number of nitrogens with zero attached hydrogens (tertiary/aromatic N) is 2. The summed E-state index contributed by atoms with van der Waals surface area (Å²) in [7, 11) is 1.96. The number of halogens is 1. The predicted octanol–water partition coefficient (Wildman–Crippen LogP) is 3.16. The second-order valence-corrected chi connectivity index (χ2v) is 4.93. The SMILES string of the molecule is Cn1cc(Cl)c2cccc(C3(N=C=O)CC3)c21. The second kappa shape index (κ2) is 3.46. The standard InChI is InChI=1S/C13H11ClN2O/c1-16-7-11(14)9-3-2-4-10(12(9)16)13(5-6-13)15-8-17/h2-4,7H,5-6H2,1H3. The molecule has 86 valence electrons. The molecule has 4 heteroatoms. The zero-order valence-corrected chi connectivity index (χ0v) is 10.2. The number of carbonyl (C=O) groups excluding carboxylic acids is 1. The van der Waals surface area contributed by atoms with Crippen molar-refractivity contribution >= 4 is 28.6 Å². The number of benzene rings is 1. The third-order valence-corrected chi connectivity index (χ3v) is 3.74. The number of aryl methyl sites for hydroxylation is 1. The number of hydrogen-bond donors (Lipinski definition) is 0. The van der Waals surface area contributed by atoms with E-state index < -0.39 is 0 Å². The quantitative estimate of drug-likeness (QED) is 0.592. The average Bonchev–Trinajstić information content (AvgIpc) is 3.03. The van der Waals surface area contributed by atoms with Crippen LogP contribution in [-0.4, -0.2) is 10.6 Å². The molecule has 0 atom stereocenters. The third kappa shape index (κ3) is 1.43. The summed E-state index contributed by atoms with van der Waals surface area (Å²) < 4.78 is 1.99. The van der Waals surface area contributed by atoms with Crippen molar-refractivity contribution in [3.63, 3.8) is 0 Å². The molecule has 1 aromatic carbocycles. The van der Waals surface area contributed by atoms with Gasteiger partial charge in [0.25, 0.3) is 0 Å². The van der Waals surface area contributed by atoms with Gasteiger partial charge in [0, 0.05) is 24.2 Å². The molecule has 1 aromatic heterocycles. The van der Waals surface area contributed by atoms with E-state index in [0.29, 0.717) is 0 Å². The lowest BCUT2D eigenvalue weighted by atomic mass is 10.0.